The molecule has 0 bridgehead atoms. The van der Waals surface area contributed by atoms with Crippen LogP contribution in [0, 0.1) is 6.92 Å². The predicted octanol–water partition coefficient (Wildman–Crippen LogP) is 2.73. The molecule has 0 aromatic carbocycles. The summed E-state index contributed by atoms with van der Waals surface area (Å²) in [6, 6.07) is 1.74. The summed E-state index contributed by atoms with van der Waals surface area (Å²) >= 11 is 0. The van der Waals surface area contributed by atoms with Crippen LogP contribution in [0.5, 0.6) is 0 Å². The fourth-order valence-electron chi connectivity index (χ4n) is 3.23. The molecule has 0 aliphatic carbocycles. The molecule has 0 saturated carbocycles. The third kappa shape index (κ3) is 2.35. The van der Waals surface area contributed by atoms with Gasteiger partial charge < -0.3 is 14.5 Å². The Morgan fingerprint density at radius 2 is 2.12 bits per heavy atom. The molecule has 3 heterocycles. The number of aromatic nitrogens is 2. The highest BCUT2D eigenvalue weighted by atomic mass is 16.5. The molecule has 3 rings (SSSR count). The number of carbonyl (C=O) groups excluding carboxylic acids is 1. The molecule has 7 heteroatoms. The second kappa shape index (κ2) is 5.58. The van der Waals surface area contributed by atoms with E-state index >= 15 is 0 Å². The maximum absolute atomic E-state index is 13.2. The summed E-state index contributed by atoms with van der Waals surface area (Å²) in [5, 5.41) is 14.0. The molecule has 1 saturated heterocycles. The van der Waals surface area contributed by atoms with Gasteiger partial charge in [0.1, 0.15) is 5.54 Å². The summed E-state index contributed by atoms with van der Waals surface area (Å²) in [6.45, 7) is 7.72. The van der Waals surface area contributed by atoms with E-state index in [2.05, 4.69) is 10.1 Å². The number of amides is 1. The van der Waals surface area contributed by atoms with Gasteiger partial charge in [0, 0.05) is 12.2 Å². The highest BCUT2D eigenvalue weighted by Gasteiger charge is 2.46. The van der Waals surface area contributed by atoms with Crippen molar-refractivity contribution in [2.75, 3.05) is 6.54 Å². The molecule has 128 valence electrons. The third-order valence-electron chi connectivity index (χ3n) is 4.81. The zero-order valence-electron chi connectivity index (χ0n) is 14.3. The molecule has 0 spiro atoms. The van der Waals surface area contributed by atoms with E-state index in [1.54, 1.807) is 19.9 Å². The Hall–Kier alpha value is -2.44. The van der Waals surface area contributed by atoms with E-state index in [-0.39, 0.29) is 11.8 Å². The quantitative estimate of drug-likeness (QED) is 0.929. The topological polar surface area (TPSA) is 96.5 Å². The second-order valence-corrected chi connectivity index (χ2v) is 6.84. The highest BCUT2D eigenvalue weighted by molar-refractivity contribution is 6.07. The number of carbonyl (C=O) groups is 2. The minimum absolute atomic E-state index is 0.107. The molecule has 2 aromatic rings. The summed E-state index contributed by atoms with van der Waals surface area (Å²) in [7, 11) is 0. The zero-order valence-corrected chi connectivity index (χ0v) is 14.3. The van der Waals surface area contributed by atoms with Crippen LogP contribution in [0.1, 0.15) is 61.3 Å². The van der Waals surface area contributed by atoms with E-state index in [1.165, 1.54) is 4.90 Å². The lowest BCUT2D eigenvalue weighted by atomic mass is 9.97. The van der Waals surface area contributed by atoms with Crippen molar-refractivity contribution in [3.8, 4) is 0 Å². The van der Waals surface area contributed by atoms with E-state index in [4.69, 9.17) is 4.52 Å². The Kier molecular flexibility index (Phi) is 3.81. The van der Waals surface area contributed by atoms with Crippen molar-refractivity contribution in [2.24, 2.45) is 0 Å². The first kappa shape index (κ1) is 16.4. The Morgan fingerprint density at radius 3 is 2.75 bits per heavy atom. The van der Waals surface area contributed by atoms with Crippen molar-refractivity contribution in [1.82, 2.24) is 15.0 Å². The molecule has 1 aliphatic heterocycles. The predicted molar refractivity (Wildman–Crippen MR) is 86.9 cm³/mol. The number of hydrogen-bond donors (Lipinski definition) is 1. The molecule has 1 N–H and O–H groups in total. The minimum Gasteiger partial charge on any atom is -0.480 e. The van der Waals surface area contributed by atoms with Crippen LogP contribution in [0.15, 0.2) is 10.6 Å². The summed E-state index contributed by atoms with van der Waals surface area (Å²) in [5.74, 6) is -1.18. The van der Waals surface area contributed by atoms with Gasteiger partial charge in [0.05, 0.1) is 16.6 Å². The number of likely N-dealkylation sites (tertiary alicyclic amines) is 1. The van der Waals surface area contributed by atoms with E-state index in [1.807, 2.05) is 13.8 Å². The number of hydrogen-bond acceptors (Lipinski definition) is 5. The van der Waals surface area contributed by atoms with E-state index in [9.17, 15) is 14.7 Å². The number of pyridine rings is 1. The van der Waals surface area contributed by atoms with Gasteiger partial charge in [-0.2, -0.15) is 0 Å². The van der Waals surface area contributed by atoms with Crippen LogP contribution in [-0.2, 0) is 4.79 Å². The summed E-state index contributed by atoms with van der Waals surface area (Å²) in [5.41, 5.74) is 0.844. The van der Waals surface area contributed by atoms with Gasteiger partial charge in [0.2, 0.25) is 0 Å². The van der Waals surface area contributed by atoms with Gasteiger partial charge in [0.15, 0.2) is 0 Å². The summed E-state index contributed by atoms with van der Waals surface area (Å²) < 4.78 is 5.24. The fourth-order valence-corrected chi connectivity index (χ4v) is 3.23. The van der Waals surface area contributed by atoms with Crippen molar-refractivity contribution in [2.45, 2.75) is 52.0 Å². The molecule has 24 heavy (non-hydrogen) atoms. The Bertz CT molecular complexity index is 827. The largest absolute Gasteiger partial charge is 0.480 e. The van der Waals surface area contributed by atoms with Gasteiger partial charge in [-0.25, -0.2) is 9.78 Å². The van der Waals surface area contributed by atoms with Crippen LogP contribution < -0.4 is 0 Å². The molecular weight excluding hydrogens is 310 g/mol. The summed E-state index contributed by atoms with van der Waals surface area (Å²) in [4.78, 5) is 30.7. The normalized spacial score (nSPS) is 21.0. The molecule has 1 aliphatic rings. The van der Waals surface area contributed by atoms with Crippen LogP contribution in [-0.4, -0.2) is 44.1 Å². The Balaban J connectivity index is 2.16. The lowest BCUT2D eigenvalue weighted by Crippen LogP contribution is -2.50. The molecule has 1 atom stereocenters. The standard InChI is InChI=1S/C17H21N3O4/c1-9(2)12-8-11(13-10(3)19-24-14(13)18-12)15(21)20-7-5-6-17(20,4)16(22)23/h8-9H,5-7H2,1-4H3,(H,22,23). The number of carboxylic acid groups (broad SMARTS) is 1. The average molecular weight is 331 g/mol. The van der Waals surface area contributed by atoms with Gasteiger partial charge in [-0.05, 0) is 38.7 Å². The molecule has 7 nitrogen and oxygen atoms in total. The van der Waals surface area contributed by atoms with E-state index in [0.717, 1.165) is 5.69 Å². The monoisotopic (exact) mass is 331 g/mol. The number of aryl methyl sites for hydroxylation is 1. The smallest absolute Gasteiger partial charge is 0.329 e. The maximum Gasteiger partial charge on any atom is 0.329 e. The van der Waals surface area contributed by atoms with Crippen LogP contribution >= 0.6 is 0 Å². The number of fused-ring (bicyclic) bond motifs is 1. The van der Waals surface area contributed by atoms with Gasteiger partial charge in [0.25, 0.3) is 11.6 Å². The molecule has 0 radical (unpaired) electrons. The van der Waals surface area contributed by atoms with Crippen molar-refractivity contribution < 1.29 is 19.2 Å². The maximum atomic E-state index is 13.2. The highest BCUT2D eigenvalue weighted by Crippen LogP contribution is 2.33. The molecule has 1 unspecified atom stereocenters. The van der Waals surface area contributed by atoms with Gasteiger partial charge >= 0.3 is 5.97 Å². The van der Waals surface area contributed by atoms with Gasteiger partial charge in [-0.3, -0.25) is 4.79 Å². The first-order valence-corrected chi connectivity index (χ1v) is 8.08. The Labute approximate surface area is 139 Å². The first-order valence-electron chi connectivity index (χ1n) is 8.08. The third-order valence-corrected chi connectivity index (χ3v) is 4.81. The second-order valence-electron chi connectivity index (χ2n) is 6.84. The number of carboxylic acids is 1. The zero-order chi connectivity index (χ0) is 17.6. The average Bonchev–Trinajstić information content (AvgIpc) is 3.10. The Morgan fingerprint density at radius 1 is 1.42 bits per heavy atom. The number of nitrogens with zero attached hydrogens (tertiary/aromatic N) is 3. The lowest BCUT2D eigenvalue weighted by Gasteiger charge is -2.31. The van der Waals surface area contributed by atoms with Crippen LogP contribution in [0.3, 0.4) is 0 Å². The first-order chi connectivity index (χ1) is 11.3. The molecular formula is C17H21N3O4. The number of aliphatic carboxylic acids is 1. The van der Waals surface area contributed by atoms with Crippen LogP contribution in [0.4, 0.5) is 0 Å². The van der Waals surface area contributed by atoms with Gasteiger partial charge in [-0.1, -0.05) is 19.0 Å². The van der Waals surface area contributed by atoms with Crippen LogP contribution in [0.2, 0.25) is 0 Å². The van der Waals surface area contributed by atoms with Crippen molar-refractivity contribution in [3.05, 3.63) is 23.0 Å². The van der Waals surface area contributed by atoms with Crippen molar-refractivity contribution in [3.63, 3.8) is 0 Å². The minimum atomic E-state index is -1.18. The van der Waals surface area contributed by atoms with E-state index in [0.29, 0.717) is 41.7 Å². The van der Waals surface area contributed by atoms with Crippen molar-refractivity contribution >= 4 is 23.0 Å². The number of rotatable bonds is 3. The van der Waals surface area contributed by atoms with Gasteiger partial charge in [-0.15, -0.1) is 0 Å². The summed E-state index contributed by atoms with van der Waals surface area (Å²) in [6.07, 6.45) is 1.12. The molecule has 2 aromatic heterocycles. The van der Waals surface area contributed by atoms with E-state index < -0.39 is 11.5 Å². The van der Waals surface area contributed by atoms with Crippen molar-refractivity contribution in [1.29, 1.82) is 0 Å². The van der Waals surface area contributed by atoms with Crippen LogP contribution in [0.25, 0.3) is 11.1 Å². The molecule has 1 amide bonds. The molecule has 1 fully saturated rings. The lowest BCUT2D eigenvalue weighted by molar-refractivity contribution is -0.147. The fraction of sp³-hybridized carbons (Fsp3) is 0.529. The SMILES string of the molecule is Cc1noc2nc(C(C)C)cc(C(=O)N3CCCC3(C)C(=O)O)c12.